The third-order valence-electron chi connectivity index (χ3n) is 3.66. The Morgan fingerprint density at radius 3 is 2.58 bits per heavy atom. The van der Waals surface area contributed by atoms with Gasteiger partial charge in [-0.05, 0) is 50.1 Å². The lowest BCUT2D eigenvalue weighted by molar-refractivity contribution is 0.251. The second kappa shape index (κ2) is 7.68. The molecule has 0 aromatic carbocycles. The molecule has 0 saturated heterocycles. The molecule has 19 heavy (non-hydrogen) atoms. The van der Waals surface area contributed by atoms with Crippen LogP contribution in [0, 0.1) is 5.41 Å². The van der Waals surface area contributed by atoms with Crippen LogP contribution < -0.4 is 5.32 Å². The minimum Gasteiger partial charge on any atom is -0.313 e. The van der Waals surface area contributed by atoms with Gasteiger partial charge in [-0.3, -0.25) is 4.68 Å². The molecule has 3 nitrogen and oxygen atoms in total. The molecule has 0 spiro atoms. The summed E-state index contributed by atoms with van der Waals surface area (Å²) >= 11 is 0. The summed E-state index contributed by atoms with van der Waals surface area (Å²) < 4.78 is 2.01. The number of hydrogen-bond acceptors (Lipinski definition) is 2. The van der Waals surface area contributed by atoms with Gasteiger partial charge < -0.3 is 5.32 Å². The smallest absolute Gasteiger partial charge is 0.0521 e. The summed E-state index contributed by atoms with van der Waals surface area (Å²) in [7, 11) is 0. The molecule has 1 atom stereocenters. The Morgan fingerprint density at radius 2 is 2.05 bits per heavy atom. The van der Waals surface area contributed by atoms with E-state index in [0.717, 1.165) is 19.5 Å². The Labute approximate surface area is 118 Å². The predicted octanol–water partition coefficient (Wildman–Crippen LogP) is 3.64. The molecule has 0 aliphatic rings. The van der Waals surface area contributed by atoms with Crippen molar-refractivity contribution < 1.29 is 0 Å². The molecule has 0 aliphatic heterocycles. The largest absolute Gasteiger partial charge is 0.313 e. The van der Waals surface area contributed by atoms with Crippen molar-refractivity contribution in [3.05, 3.63) is 18.0 Å². The van der Waals surface area contributed by atoms with Crippen LogP contribution in [0.2, 0.25) is 0 Å². The molecule has 1 heterocycles. The van der Waals surface area contributed by atoms with Crippen LogP contribution in [0.5, 0.6) is 0 Å². The first kappa shape index (κ1) is 16.2. The molecule has 3 heteroatoms. The van der Waals surface area contributed by atoms with Gasteiger partial charge in [0.2, 0.25) is 0 Å². The van der Waals surface area contributed by atoms with E-state index in [1.165, 1.54) is 24.8 Å². The number of aromatic nitrogens is 2. The van der Waals surface area contributed by atoms with Crippen LogP contribution in [0.1, 0.15) is 59.4 Å². The maximum absolute atomic E-state index is 4.33. The van der Waals surface area contributed by atoms with Crippen molar-refractivity contribution in [1.82, 2.24) is 15.1 Å². The maximum atomic E-state index is 4.33. The molecule has 0 fully saturated rings. The van der Waals surface area contributed by atoms with Gasteiger partial charge in [-0.25, -0.2) is 0 Å². The fraction of sp³-hybridized carbons (Fsp3) is 0.812. The van der Waals surface area contributed by atoms with Crippen molar-refractivity contribution in [1.29, 1.82) is 0 Å². The van der Waals surface area contributed by atoms with Crippen molar-refractivity contribution >= 4 is 0 Å². The van der Waals surface area contributed by atoms with Gasteiger partial charge >= 0.3 is 0 Å². The number of nitrogens with zero attached hydrogens (tertiary/aromatic N) is 2. The normalized spacial score (nSPS) is 13.7. The molecule has 0 aliphatic carbocycles. The van der Waals surface area contributed by atoms with E-state index >= 15 is 0 Å². The fourth-order valence-electron chi connectivity index (χ4n) is 2.38. The molecule has 0 amide bonds. The highest BCUT2D eigenvalue weighted by atomic mass is 15.3. The third kappa shape index (κ3) is 5.77. The van der Waals surface area contributed by atoms with Crippen molar-refractivity contribution in [2.75, 3.05) is 6.54 Å². The Morgan fingerprint density at radius 1 is 1.32 bits per heavy atom. The summed E-state index contributed by atoms with van der Waals surface area (Å²) in [5.41, 5.74) is 1.70. The lowest BCUT2D eigenvalue weighted by Crippen LogP contribution is -2.40. The standard InChI is InChI=1S/C16H31N3/c1-6-11-17-15(16(3,4)5)10-8-9-14-12-18-19(7-2)13-14/h12-13,15,17H,6-11H2,1-5H3. The Bertz CT molecular complexity index is 349. The monoisotopic (exact) mass is 265 g/mol. The van der Waals surface area contributed by atoms with Crippen molar-refractivity contribution in [2.45, 2.75) is 72.9 Å². The van der Waals surface area contributed by atoms with Gasteiger partial charge in [0.1, 0.15) is 0 Å². The van der Waals surface area contributed by atoms with Crippen molar-refractivity contribution in [3.8, 4) is 0 Å². The highest BCUT2D eigenvalue weighted by Crippen LogP contribution is 2.23. The molecule has 1 rings (SSSR count). The Kier molecular flexibility index (Phi) is 6.56. The van der Waals surface area contributed by atoms with Crippen LogP contribution in [0.3, 0.4) is 0 Å². The van der Waals surface area contributed by atoms with Crippen molar-refractivity contribution in [3.63, 3.8) is 0 Å². The zero-order chi connectivity index (χ0) is 14.3. The zero-order valence-electron chi connectivity index (χ0n) is 13.4. The molecule has 110 valence electrons. The summed E-state index contributed by atoms with van der Waals surface area (Å²) in [4.78, 5) is 0. The van der Waals surface area contributed by atoms with Crippen molar-refractivity contribution in [2.24, 2.45) is 5.41 Å². The molecule has 0 saturated carbocycles. The predicted molar refractivity (Wildman–Crippen MR) is 82.4 cm³/mol. The average molecular weight is 265 g/mol. The minimum atomic E-state index is 0.336. The van der Waals surface area contributed by atoms with Gasteiger partial charge in [0, 0.05) is 18.8 Å². The van der Waals surface area contributed by atoms with E-state index in [4.69, 9.17) is 0 Å². The maximum Gasteiger partial charge on any atom is 0.0521 e. The van der Waals surface area contributed by atoms with Crippen LogP contribution >= 0.6 is 0 Å². The van der Waals surface area contributed by atoms with Gasteiger partial charge in [-0.2, -0.15) is 5.10 Å². The highest BCUT2D eigenvalue weighted by Gasteiger charge is 2.23. The number of aryl methyl sites for hydroxylation is 2. The minimum absolute atomic E-state index is 0.336. The molecule has 1 unspecified atom stereocenters. The molecule has 0 radical (unpaired) electrons. The van der Waals surface area contributed by atoms with Gasteiger partial charge in [0.05, 0.1) is 6.20 Å². The van der Waals surface area contributed by atoms with Crippen LogP contribution in [0.4, 0.5) is 0 Å². The van der Waals surface area contributed by atoms with Crippen LogP contribution in [-0.4, -0.2) is 22.4 Å². The second-order valence-electron chi connectivity index (χ2n) is 6.47. The fourth-order valence-corrected chi connectivity index (χ4v) is 2.38. The molecular formula is C16H31N3. The number of hydrogen-bond donors (Lipinski definition) is 1. The number of nitrogens with one attached hydrogen (secondary N) is 1. The SMILES string of the molecule is CCCNC(CCCc1cnn(CC)c1)C(C)(C)C. The molecule has 1 N–H and O–H groups in total. The first-order chi connectivity index (χ1) is 8.97. The molecule has 1 aromatic rings. The topological polar surface area (TPSA) is 29.9 Å². The van der Waals surface area contributed by atoms with E-state index in [1.807, 2.05) is 10.9 Å². The second-order valence-corrected chi connectivity index (χ2v) is 6.47. The molecule has 1 aromatic heterocycles. The first-order valence-electron chi connectivity index (χ1n) is 7.72. The van der Waals surface area contributed by atoms with Gasteiger partial charge in [0.25, 0.3) is 0 Å². The van der Waals surface area contributed by atoms with Crippen LogP contribution in [0.25, 0.3) is 0 Å². The zero-order valence-corrected chi connectivity index (χ0v) is 13.4. The van der Waals surface area contributed by atoms with E-state index < -0.39 is 0 Å². The summed E-state index contributed by atoms with van der Waals surface area (Å²) in [5, 5.41) is 8.02. The number of rotatable bonds is 8. The van der Waals surface area contributed by atoms with E-state index in [-0.39, 0.29) is 0 Å². The van der Waals surface area contributed by atoms with E-state index in [0.29, 0.717) is 11.5 Å². The summed E-state index contributed by atoms with van der Waals surface area (Å²) in [6.45, 7) is 13.4. The summed E-state index contributed by atoms with van der Waals surface area (Å²) in [6.07, 6.45) is 8.99. The molecular weight excluding hydrogens is 234 g/mol. The van der Waals surface area contributed by atoms with E-state index in [1.54, 1.807) is 0 Å². The third-order valence-corrected chi connectivity index (χ3v) is 3.66. The quantitative estimate of drug-likeness (QED) is 0.777. The van der Waals surface area contributed by atoms with Crippen LogP contribution in [0.15, 0.2) is 12.4 Å². The van der Waals surface area contributed by atoms with Gasteiger partial charge in [0.15, 0.2) is 0 Å². The highest BCUT2D eigenvalue weighted by molar-refractivity contribution is 5.03. The van der Waals surface area contributed by atoms with Gasteiger partial charge in [-0.15, -0.1) is 0 Å². The summed E-state index contributed by atoms with van der Waals surface area (Å²) in [5.74, 6) is 0. The van der Waals surface area contributed by atoms with E-state index in [9.17, 15) is 0 Å². The Hall–Kier alpha value is -0.830. The van der Waals surface area contributed by atoms with Gasteiger partial charge in [-0.1, -0.05) is 27.7 Å². The summed E-state index contributed by atoms with van der Waals surface area (Å²) in [6, 6.07) is 0.605. The first-order valence-corrected chi connectivity index (χ1v) is 7.72. The van der Waals surface area contributed by atoms with Crippen LogP contribution in [-0.2, 0) is 13.0 Å². The molecule has 0 bridgehead atoms. The Balaban J connectivity index is 2.39. The lowest BCUT2D eigenvalue weighted by Gasteiger charge is -2.31. The lowest BCUT2D eigenvalue weighted by atomic mass is 9.83. The van der Waals surface area contributed by atoms with E-state index in [2.05, 4.69) is 51.2 Å². The average Bonchev–Trinajstić information content (AvgIpc) is 2.80.